The fraction of sp³-hybridized carbons (Fsp3) is 0.111. The number of benzene rings is 1. The van der Waals surface area contributed by atoms with Crippen molar-refractivity contribution in [2.24, 2.45) is 5.16 Å². The monoisotopic (exact) mass is 181 g/mol. The molecule has 0 radical (unpaired) electrons. The van der Waals surface area contributed by atoms with E-state index in [9.17, 15) is 4.79 Å². The highest BCUT2D eigenvalue weighted by molar-refractivity contribution is 5.96. The fourth-order valence-corrected chi connectivity index (χ4v) is 0.715. The van der Waals surface area contributed by atoms with Gasteiger partial charge in [-0.2, -0.15) is 0 Å². The Bertz CT molecular complexity index is 259. The van der Waals surface area contributed by atoms with Crippen LogP contribution in [0, 0.1) is 0 Å². The number of hydrogen-bond acceptors (Lipinski definition) is 4. The van der Waals surface area contributed by atoms with E-state index in [4.69, 9.17) is 10.3 Å². The molecule has 1 aromatic rings. The van der Waals surface area contributed by atoms with Crippen molar-refractivity contribution in [3.8, 4) is 0 Å². The van der Waals surface area contributed by atoms with Crippen molar-refractivity contribution in [3.63, 3.8) is 0 Å². The number of hydrogen-bond donors (Lipinski definition) is 2. The largest absolute Gasteiger partial charge is 0.411 e. The quantitative estimate of drug-likeness (QED) is 0.308. The summed E-state index contributed by atoms with van der Waals surface area (Å²) in [6.07, 6.45) is 0. The van der Waals surface area contributed by atoms with Gasteiger partial charge < -0.3 is 10.3 Å². The van der Waals surface area contributed by atoms with Crippen LogP contribution in [0.5, 0.6) is 0 Å². The fourth-order valence-electron chi connectivity index (χ4n) is 0.715. The molecule has 4 nitrogen and oxygen atoms in total. The van der Waals surface area contributed by atoms with Gasteiger partial charge in [-0.25, -0.2) is 0 Å². The molecule has 0 amide bonds. The molecule has 70 valence electrons. The second-order valence-corrected chi connectivity index (χ2v) is 2.09. The van der Waals surface area contributed by atoms with Gasteiger partial charge in [0.05, 0.1) is 0 Å². The van der Waals surface area contributed by atoms with Crippen molar-refractivity contribution in [2.45, 2.75) is 0 Å². The lowest BCUT2D eigenvalue weighted by molar-refractivity contribution is 0.0904. The molecule has 0 saturated carbocycles. The summed E-state index contributed by atoms with van der Waals surface area (Å²) in [5.41, 5.74) is 0.560. The van der Waals surface area contributed by atoms with E-state index in [1.165, 1.54) is 0 Å². The molecule has 0 saturated heterocycles. The summed E-state index contributed by atoms with van der Waals surface area (Å²) in [7, 11) is 0. The van der Waals surface area contributed by atoms with Crippen LogP contribution < -0.4 is 0 Å². The lowest BCUT2D eigenvalue weighted by Crippen LogP contribution is -2.02. The maximum atomic E-state index is 10.8. The molecule has 0 aliphatic carbocycles. The molecule has 0 atom stereocenters. The number of ketones is 1. The number of carbonyl (C=O) groups excluding carboxylic acids is 1. The van der Waals surface area contributed by atoms with E-state index in [1.54, 1.807) is 24.3 Å². The van der Waals surface area contributed by atoms with Crippen molar-refractivity contribution < 1.29 is 15.1 Å². The van der Waals surface area contributed by atoms with Gasteiger partial charge in [0.2, 0.25) is 0 Å². The first kappa shape index (κ1) is 11.3. The van der Waals surface area contributed by atoms with Crippen LogP contribution in [0.1, 0.15) is 10.4 Å². The van der Waals surface area contributed by atoms with Crippen LogP contribution in [0.25, 0.3) is 0 Å². The van der Waals surface area contributed by atoms with Crippen molar-refractivity contribution in [1.82, 2.24) is 0 Å². The summed E-state index contributed by atoms with van der Waals surface area (Å²) in [5.74, 6) is -0.236. The molecular weight excluding hydrogens is 170 g/mol. The smallest absolute Gasteiger partial charge is 0.188 e. The van der Waals surface area contributed by atoms with Crippen LogP contribution in [-0.4, -0.2) is 29.4 Å². The lowest BCUT2D eigenvalue weighted by Gasteiger charge is -1.93. The molecular formula is C9H11NO3. The number of carbonyl (C=O) groups is 1. The molecule has 0 aromatic heterocycles. The van der Waals surface area contributed by atoms with Gasteiger partial charge in [0.15, 0.2) is 5.78 Å². The van der Waals surface area contributed by atoms with Crippen molar-refractivity contribution in [2.75, 3.05) is 6.61 Å². The highest BCUT2D eigenvalue weighted by Crippen LogP contribution is 1.97. The van der Waals surface area contributed by atoms with Crippen LogP contribution in [0.3, 0.4) is 0 Å². The molecule has 1 rings (SSSR count). The standard InChI is InChI=1S/C8H8O2.CH3NO/c9-6-8(10)7-4-2-1-3-5-7;1-2-3/h1-5,9H,6H2;3H,1H2. The van der Waals surface area contributed by atoms with Crippen molar-refractivity contribution in [1.29, 1.82) is 0 Å². The average Bonchev–Trinajstić information content (AvgIpc) is 2.19. The minimum atomic E-state index is -0.413. The van der Waals surface area contributed by atoms with Crippen LogP contribution in [0.2, 0.25) is 0 Å². The van der Waals surface area contributed by atoms with Gasteiger partial charge in [-0.3, -0.25) is 4.79 Å². The average molecular weight is 181 g/mol. The third kappa shape index (κ3) is 4.71. The van der Waals surface area contributed by atoms with Crippen molar-refractivity contribution in [3.05, 3.63) is 35.9 Å². The second kappa shape index (κ2) is 7.00. The van der Waals surface area contributed by atoms with Gasteiger partial charge >= 0.3 is 0 Å². The number of oxime groups is 1. The molecule has 0 heterocycles. The summed E-state index contributed by atoms with van der Waals surface area (Å²) in [6.45, 7) is 2.25. The minimum Gasteiger partial charge on any atom is -0.411 e. The molecule has 13 heavy (non-hydrogen) atoms. The Hall–Kier alpha value is -1.68. The van der Waals surface area contributed by atoms with Crippen molar-refractivity contribution >= 4 is 12.5 Å². The number of aliphatic hydroxyl groups is 1. The van der Waals surface area contributed by atoms with Gasteiger partial charge in [-0.1, -0.05) is 30.3 Å². The second-order valence-electron chi connectivity index (χ2n) is 2.09. The third-order valence-electron chi connectivity index (χ3n) is 1.24. The normalized spacial score (nSPS) is 8.08. The van der Waals surface area contributed by atoms with Gasteiger partial charge in [0, 0.05) is 12.3 Å². The first-order valence-electron chi connectivity index (χ1n) is 3.55. The van der Waals surface area contributed by atoms with E-state index in [2.05, 4.69) is 11.9 Å². The minimum absolute atomic E-state index is 0.236. The summed E-state index contributed by atoms with van der Waals surface area (Å²) in [4.78, 5) is 10.8. The Morgan fingerprint density at radius 2 is 1.85 bits per heavy atom. The zero-order valence-electron chi connectivity index (χ0n) is 7.05. The molecule has 0 spiro atoms. The molecule has 0 fully saturated rings. The maximum Gasteiger partial charge on any atom is 0.188 e. The van der Waals surface area contributed by atoms with E-state index >= 15 is 0 Å². The first-order valence-corrected chi connectivity index (χ1v) is 3.55. The molecule has 4 heteroatoms. The summed E-state index contributed by atoms with van der Waals surface area (Å²) < 4.78 is 0. The van der Waals surface area contributed by atoms with E-state index in [0.29, 0.717) is 5.56 Å². The molecule has 0 aliphatic heterocycles. The summed E-state index contributed by atoms with van der Waals surface area (Å²) in [5, 5.41) is 17.8. The maximum absolute atomic E-state index is 10.8. The molecule has 2 N–H and O–H groups in total. The first-order chi connectivity index (χ1) is 6.26. The van der Waals surface area contributed by atoms with Gasteiger partial charge in [0.1, 0.15) is 6.61 Å². The number of rotatable bonds is 2. The van der Waals surface area contributed by atoms with Gasteiger partial charge in [0.25, 0.3) is 0 Å². The topological polar surface area (TPSA) is 69.9 Å². The predicted octanol–water partition coefficient (Wildman–Crippen LogP) is 0.938. The Morgan fingerprint density at radius 3 is 2.23 bits per heavy atom. The van der Waals surface area contributed by atoms with Crippen LogP contribution in [-0.2, 0) is 0 Å². The Morgan fingerprint density at radius 1 is 1.38 bits per heavy atom. The highest BCUT2D eigenvalue weighted by atomic mass is 16.4. The lowest BCUT2D eigenvalue weighted by atomic mass is 10.1. The van der Waals surface area contributed by atoms with E-state index < -0.39 is 6.61 Å². The predicted molar refractivity (Wildman–Crippen MR) is 49.2 cm³/mol. The Kier molecular flexibility index (Phi) is 6.09. The zero-order valence-corrected chi connectivity index (χ0v) is 7.05. The number of nitrogens with zero attached hydrogens (tertiary/aromatic N) is 1. The van der Waals surface area contributed by atoms with Gasteiger partial charge in [-0.15, -0.1) is 5.16 Å². The molecule has 0 unspecified atom stereocenters. The summed E-state index contributed by atoms with van der Waals surface area (Å²) >= 11 is 0. The Balaban J connectivity index is 0.000000424. The van der Waals surface area contributed by atoms with Crippen LogP contribution in [0.15, 0.2) is 35.5 Å². The SMILES string of the molecule is C=NO.O=C(CO)c1ccccc1. The zero-order chi connectivity index (χ0) is 10.1. The van der Waals surface area contributed by atoms with E-state index in [1.807, 2.05) is 6.07 Å². The number of Topliss-reactive ketones (excluding diaryl/α,β-unsaturated/α-hetero) is 1. The molecule has 0 aliphatic rings. The van der Waals surface area contributed by atoms with Crippen LogP contribution >= 0.6 is 0 Å². The Labute approximate surface area is 76.1 Å². The van der Waals surface area contributed by atoms with E-state index in [-0.39, 0.29) is 5.78 Å². The molecule has 1 aromatic carbocycles. The van der Waals surface area contributed by atoms with E-state index in [0.717, 1.165) is 0 Å². The summed E-state index contributed by atoms with van der Waals surface area (Å²) in [6, 6.07) is 8.72. The van der Waals surface area contributed by atoms with Gasteiger partial charge in [-0.05, 0) is 0 Å². The highest BCUT2D eigenvalue weighted by Gasteiger charge is 1.99. The molecule has 0 bridgehead atoms. The van der Waals surface area contributed by atoms with Crippen LogP contribution in [0.4, 0.5) is 0 Å². The third-order valence-corrected chi connectivity index (χ3v) is 1.24. The number of aliphatic hydroxyl groups excluding tert-OH is 1.